The van der Waals surface area contributed by atoms with Crippen molar-refractivity contribution in [1.82, 2.24) is 0 Å². The largest absolute Gasteiger partial charge is 0.102 e. The second-order valence-corrected chi connectivity index (χ2v) is 8.89. The van der Waals surface area contributed by atoms with Gasteiger partial charge in [0.05, 0.1) is 0 Å². The summed E-state index contributed by atoms with van der Waals surface area (Å²) in [6.07, 6.45) is 10.2. The Hall–Kier alpha value is -0.303. The second-order valence-electron chi connectivity index (χ2n) is 4.44. The molecule has 1 aliphatic heterocycles. The first-order valence-corrected chi connectivity index (χ1v) is 8.34. The Morgan fingerprint density at radius 3 is 2.54 bits per heavy atom. The van der Waals surface area contributed by atoms with E-state index >= 15 is 0 Å². The van der Waals surface area contributed by atoms with Crippen LogP contribution in [0.15, 0.2) is 23.0 Å². The van der Waals surface area contributed by atoms with Gasteiger partial charge in [0.15, 0.2) is 0 Å². The molecule has 0 saturated carbocycles. The van der Waals surface area contributed by atoms with E-state index in [1.54, 1.807) is 5.20 Å². The van der Waals surface area contributed by atoms with Crippen molar-refractivity contribution in [3.63, 3.8) is 0 Å². The van der Waals surface area contributed by atoms with Gasteiger partial charge in [0.25, 0.3) is 0 Å². The van der Waals surface area contributed by atoms with E-state index in [0.29, 0.717) is 0 Å². The predicted octanol–water partition coefficient (Wildman–Crippen LogP) is 4.24. The monoisotopic (exact) mass is 194 g/mol. The third kappa shape index (κ3) is 2.83. The molecule has 0 aromatic carbocycles. The quantitative estimate of drug-likeness (QED) is 0.453. The lowest BCUT2D eigenvalue weighted by atomic mass is 10.2. The average Bonchev–Trinajstić information content (AvgIpc) is 2.42. The average molecular weight is 194 g/mol. The minimum atomic E-state index is -1.06. The van der Waals surface area contributed by atoms with Crippen molar-refractivity contribution in [3.05, 3.63) is 23.0 Å². The van der Waals surface area contributed by atoms with Crippen LogP contribution in [-0.4, -0.2) is 8.07 Å². The fourth-order valence-electron chi connectivity index (χ4n) is 1.93. The molecule has 0 radical (unpaired) electrons. The highest BCUT2D eigenvalue weighted by Gasteiger charge is 2.27. The summed E-state index contributed by atoms with van der Waals surface area (Å²) in [5.74, 6) is 0. The first kappa shape index (κ1) is 10.8. The van der Waals surface area contributed by atoms with Crippen LogP contribution in [0.3, 0.4) is 0 Å². The van der Waals surface area contributed by atoms with Crippen LogP contribution in [0.2, 0.25) is 12.6 Å². The molecule has 13 heavy (non-hydrogen) atoms. The normalized spacial score (nSPS) is 26.5. The molecule has 0 nitrogen and oxygen atoms in total. The third-order valence-electron chi connectivity index (χ3n) is 3.26. The van der Waals surface area contributed by atoms with Crippen LogP contribution in [0.5, 0.6) is 0 Å². The maximum atomic E-state index is 2.49. The number of unbranched alkanes of at least 4 members (excludes halogenated alkanes) is 3. The number of allylic oxidation sites excluding steroid dienone is 3. The Kier molecular flexibility index (Phi) is 3.98. The van der Waals surface area contributed by atoms with E-state index in [4.69, 9.17) is 0 Å². The van der Waals surface area contributed by atoms with Crippen molar-refractivity contribution < 1.29 is 0 Å². The van der Waals surface area contributed by atoms with E-state index in [9.17, 15) is 0 Å². The van der Waals surface area contributed by atoms with Gasteiger partial charge in [0, 0.05) is 0 Å². The van der Waals surface area contributed by atoms with Crippen molar-refractivity contribution in [2.75, 3.05) is 0 Å². The third-order valence-corrected chi connectivity index (χ3v) is 7.55. The Labute approximate surface area is 83.7 Å². The molecule has 1 aliphatic rings. The summed E-state index contributed by atoms with van der Waals surface area (Å²) in [5.41, 5.74) is 2.49. The van der Waals surface area contributed by atoms with Crippen molar-refractivity contribution >= 4 is 8.07 Å². The lowest BCUT2D eigenvalue weighted by Crippen LogP contribution is -2.27. The highest BCUT2D eigenvalue weighted by molar-refractivity contribution is 6.90. The van der Waals surface area contributed by atoms with Crippen LogP contribution in [0.1, 0.15) is 39.5 Å². The molecule has 1 atom stereocenters. The summed E-state index contributed by atoms with van der Waals surface area (Å²) in [6, 6.07) is 1.46. The van der Waals surface area contributed by atoms with Crippen LogP contribution in [0.4, 0.5) is 0 Å². The van der Waals surface area contributed by atoms with E-state index in [1.807, 2.05) is 0 Å². The maximum absolute atomic E-state index is 2.49. The van der Waals surface area contributed by atoms with E-state index in [1.165, 1.54) is 31.7 Å². The van der Waals surface area contributed by atoms with Crippen molar-refractivity contribution in [2.45, 2.75) is 52.1 Å². The first-order valence-electron chi connectivity index (χ1n) is 5.55. The summed E-state index contributed by atoms with van der Waals surface area (Å²) in [5, 5.41) is 1.67. The van der Waals surface area contributed by atoms with Crippen molar-refractivity contribution in [1.29, 1.82) is 0 Å². The molecule has 0 spiro atoms. The summed E-state index contributed by atoms with van der Waals surface area (Å²) in [6.45, 7) is 7.08. The first-order chi connectivity index (χ1) is 6.19. The van der Waals surface area contributed by atoms with Crippen LogP contribution in [-0.2, 0) is 0 Å². The molecule has 0 aromatic rings. The van der Waals surface area contributed by atoms with E-state index in [0.717, 1.165) is 0 Å². The van der Waals surface area contributed by atoms with Gasteiger partial charge < -0.3 is 0 Å². The minimum absolute atomic E-state index is 1.06. The molecule has 1 heterocycles. The van der Waals surface area contributed by atoms with Gasteiger partial charge in [-0.1, -0.05) is 68.2 Å². The number of rotatable bonds is 5. The fraction of sp³-hybridized carbons (Fsp3) is 0.667. The van der Waals surface area contributed by atoms with Crippen LogP contribution in [0, 0.1) is 0 Å². The Morgan fingerprint density at radius 2 is 2.00 bits per heavy atom. The molecule has 0 saturated heterocycles. The molecule has 0 aromatic heterocycles. The zero-order chi connectivity index (χ0) is 9.73. The lowest BCUT2D eigenvalue weighted by Gasteiger charge is -2.21. The predicted molar refractivity (Wildman–Crippen MR) is 63.5 cm³/mol. The van der Waals surface area contributed by atoms with E-state index < -0.39 is 8.07 Å². The minimum Gasteiger partial charge on any atom is -0.0904 e. The maximum Gasteiger partial charge on any atom is 0.102 e. The molecule has 0 fully saturated rings. The van der Waals surface area contributed by atoms with Gasteiger partial charge in [-0.15, -0.1) is 0 Å². The SMILES string of the molecule is CCCCCC[Si]1(C)C=CC=C1C. The van der Waals surface area contributed by atoms with E-state index in [2.05, 4.69) is 38.2 Å². The fourth-order valence-corrected chi connectivity index (χ4v) is 4.73. The van der Waals surface area contributed by atoms with Gasteiger partial charge in [0.1, 0.15) is 8.07 Å². The molecule has 1 unspecified atom stereocenters. The van der Waals surface area contributed by atoms with Gasteiger partial charge >= 0.3 is 0 Å². The van der Waals surface area contributed by atoms with Gasteiger partial charge in [-0.25, -0.2) is 0 Å². The van der Waals surface area contributed by atoms with Gasteiger partial charge in [0.2, 0.25) is 0 Å². The van der Waals surface area contributed by atoms with Crippen LogP contribution >= 0.6 is 0 Å². The van der Waals surface area contributed by atoms with Crippen molar-refractivity contribution in [3.8, 4) is 0 Å². The molecule has 0 bridgehead atoms. The smallest absolute Gasteiger partial charge is 0.0904 e. The highest BCUT2D eigenvalue weighted by Crippen LogP contribution is 2.28. The standard InChI is InChI=1S/C12H22Si/c1-4-5-6-7-10-13(3)11-8-9-12(13)2/h8-9,11H,4-7,10H2,1-3H3. The summed E-state index contributed by atoms with van der Waals surface area (Å²) >= 11 is 0. The number of hydrogen-bond donors (Lipinski definition) is 0. The second kappa shape index (κ2) is 4.80. The summed E-state index contributed by atoms with van der Waals surface area (Å²) in [4.78, 5) is 0. The molecule has 0 N–H and O–H groups in total. The molecule has 1 rings (SSSR count). The molecule has 1 heteroatoms. The van der Waals surface area contributed by atoms with Gasteiger partial charge in [-0.05, 0) is 6.92 Å². The zero-order valence-corrected chi connectivity index (χ0v) is 10.3. The molecular formula is C12H22Si. The highest BCUT2D eigenvalue weighted by atomic mass is 28.3. The Morgan fingerprint density at radius 1 is 1.23 bits per heavy atom. The van der Waals surface area contributed by atoms with Crippen LogP contribution in [0.25, 0.3) is 0 Å². The lowest BCUT2D eigenvalue weighted by molar-refractivity contribution is 0.697. The molecule has 0 aliphatic carbocycles. The van der Waals surface area contributed by atoms with E-state index in [-0.39, 0.29) is 0 Å². The van der Waals surface area contributed by atoms with Gasteiger partial charge in [-0.2, -0.15) is 0 Å². The topological polar surface area (TPSA) is 0 Å². The molecular weight excluding hydrogens is 172 g/mol. The molecule has 0 amide bonds. The zero-order valence-electron chi connectivity index (χ0n) is 9.27. The number of hydrogen-bond acceptors (Lipinski definition) is 0. The Bertz CT molecular complexity index is 215. The Balaban J connectivity index is 2.28. The van der Waals surface area contributed by atoms with Crippen LogP contribution < -0.4 is 0 Å². The van der Waals surface area contributed by atoms with Gasteiger partial charge in [-0.3, -0.25) is 0 Å². The summed E-state index contributed by atoms with van der Waals surface area (Å²) < 4.78 is 0. The molecule has 74 valence electrons. The van der Waals surface area contributed by atoms with Crippen molar-refractivity contribution in [2.24, 2.45) is 0 Å². The summed E-state index contributed by atoms with van der Waals surface area (Å²) in [7, 11) is -1.06.